The fourth-order valence-corrected chi connectivity index (χ4v) is 4.30. The first-order valence-corrected chi connectivity index (χ1v) is 8.87. The molecule has 1 aromatic carbocycles. The van der Waals surface area contributed by atoms with E-state index < -0.39 is 0 Å². The Morgan fingerprint density at radius 1 is 1.32 bits per heavy atom. The summed E-state index contributed by atoms with van der Waals surface area (Å²) in [6.07, 6.45) is 4.91. The number of rotatable bonds is 3. The Morgan fingerprint density at radius 2 is 2.09 bits per heavy atom. The van der Waals surface area contributed by atoms with Gasteiger partial charge in [0.1, 0.15) is 0 Å². The lowest BCUT2D eigenvalue weighted by Gasteiger charge is -2.30. The van der Waals surface area contributed by atoms with Crippen LogP contribution in [0.3, 0.4) is 0 Å². The Morgan fingerprint density at radius 3 is 2.91 bits per heavy atom. The van der Waals surface area contributed by atoms with Crippen molar-refractivity contribution in [2.45, 2.75) is 55.2 Å². The van der Waals surface area contributed by atoms with Gasteiger partial charge < -0.3 is 10.6 Å². The van der Waals surface area contributed by atoms with Crippen molar-refractivity contribution in [1.29, 1.82) is 0 Å². The van der Waals surface area contributed by atoms with E-state index in [0.717, 1.165) is 17.0 Å². The van der Waals surface area contributed by atoms with Crippen LogP contribution in [0.4, 0.5) is 5.69 Å². The van der Waals surface area contributed by atoms with Gasteiger partial charge in [-0.25, -0.2) is 0 Å². The minimum Gasteiger partial charge on any atom is -0.353 e. The maximum atomic E-state index is 12.3. The van der Waals surface area contributed by atoms with Gasteiger partial charge in [-0.1, -0.05) is 31.9 Å². The monoisotopic (exact) mass is 318 g/mol. The Hall–Kier alpha value is -1.49. The van der Waals surface area contributed by atoms with Gasteiger partial charge in [0.25, 0.3) is 0 Å². The van der Waals surface area contributed by atoms with Crippen LogP contribution in [0.1, 0.15) is 39.0 Å². The van der Waals surface area contributed by atoms with Gasteiger partial charge in [-0.15, -0.1) is 11.8 Å². The summed E-state index contributed by atoms with van der Waals surface area (Å²) in [5.41, 5.74) is 0.843. The molecule has 0 bridgehead atoms. The highest BCUT2D eigenvalue weighted by Gasteiger charge is 2.30. The first-order chi connectivity index (χ1) is 10.6. The van der Waals surface area contributed by atoms with Crippen LogP contribution in [0, 0.1) is 5.92 Å². The number of benzene rings is 1. The minimum atomic E-state index is -0.339. The van der Waals surface area contributed by atoms with Crippen LogP contribution < -0.4 is 10.6 Å². The van der Waals surface area contributed by atoms with Crippen molar-refractivity contribution >= 4 is 29.3 Å². The SMILES string of the molecule is C[C@H]1CCCC[C@H]1NC(=O)C[C@H]1Sc2ccccc2NC1=O. The lowest BCUT2D eigenvalue weighted by Crippen LogP contribution is -2.43. The van der Waals surface area contributed by atoms with E-state index in [2.05, 4.69) is 17.6 Å². The number of thioether (sulfide) groups is 1. The van der Waals surface area contributed by atoms with E-state index in [1.54, 1.807) is 0 Å². The maximum absolute atomic E-state index is 12.3. The number of carbonyl (C=O) groups excluding carboxylic acids is 2. The molecule has 1 aliphatic heterocycles. The molecule has 0 spiro atoms. The largest absolute Gasteiger partial charge is 0.353 e. The van der Waals surface area contributed by atoms with Gasteiger partial charge in [-0.3, -0.25) is 9.59 Å². The molecule has 1 fully saturated rings. The zero-order valence-electron chi connectivity index (χ0n) is 12.8. The van der Waals surface area contributed by atoms with E-state index in [1.165, 1.54) is 31.0 Å². The molecule has 1 aromatic rings. The summed E-state index contributed by atoms with van der Waals surface area (Å²) < 4.78 is 0. The standard InChI is InChI=1S/C17H22N2O2S/c1-11-6-2-3-7-12(11)18-16(20)10-15-17(21)19-13-8-4-5-9-14(13)22-15/h4-5,8-9,11-12,15H,2-3,6-7,10H2,1H3,(H,18,20)(H,19,21)/t11-,12+,15+/m0/s1. The molecule has 1 heterocycles. The third-order valence-corrected chi connectivity index (χ3v) is 5.81. The second-order valence-corrected chi connectivity index (χ2v) is 7.48. The van der Waals surface area contributed by atoms with Crippen molar-refractivity contribution in [3.05, 3.63) is 24.3 Å². The highest BCUT2D eigenvalue weighted by molar-refractivity contribution is 8.01. The van der Waals surface area contributed by atoms with Gasteiger partial charge in [0.2, 0.25) is 11.8 Å². The highest BCUT2D eigenvalue weighted by Crippen LogP contribution is 2.36. The van der Waals surface area contributed by atoms with Crippen molar-refractivity contribution in [1.82, 2.24) is 5.32 Å². The number of para-hydroxylation sites is 1. The van der Waals surface area contributed by atoms with Gasteiger partial charge in [-0.2, -0.15) is 0 Å². The van der Waals surface area contributed by atoms with Gasteiger partial charge in [0.05, 0.1) is 10.9 Å². The summed E-state index contributed by atoms with van der Waals surface area (Å²) in [5.74, 6) is 0.451. The topological polar surface area (TPSA) is 58.2 Å². The van der Waals surface area contributed by atoms with Crippen LogP contribution in [0.25, 0.3) is 0 Å². The summed E-state index contributed by atoms with van der Waals surface area (Å²) in [6.45, 7) is 2.20. The van der Waals surface area contributed by atoms with Crippen molar-refractivity contribution in [3.8, 4) is 0 Å². The number of nitrogens with one attached hydrogen (secondary N) is 2. The van der Waals surface area contributed by atoms with Gasteiger partial charge in [-0.05, 0) is 30.9 Å². The molecule has 2 amide bonds. The fraction of sp³-hybridized carbons (Fsp3) is 0.529. The number of fused-ring (bicyclic) bond motifs is 1. The summed E-state index contributed by atoms with van der Waals surface area (Å²) in [5, 5.41) is 5.68. The zero-order chi connectivity index (χ0) is 15.5. The summed E-state index contributed by atoms with van der Waals surface area (Å²) in [7, 11) is 0. The van der Waals surface area contributed by atoms with E-state index in [0.29, 0.717) is 5.92 Å². The van der Waals surface area contributed by atoms with Gasteiger partial charge in [0, 0.05) is 17.4 Å². The van der Waals surface area contributed by atoms with Crippen LogP contribution >= 0.6 is 11.8 Å². The van der Waals surface area contributed by atoms with E-state index in [4.69, 9.17) is 0 Å². The second-order valence-electron chi connectivity index (χ2n) is 6.23. The molecule has 22 heavy (non-hydrogen) atoms. The van der Waals surface area contributed by atoms with Crippen LogP contribution in [0.5, 0.6) is 0 Å². The number of hydrogen-bond acceptors (Lipinski definition) is 3. The molecule has 2 N–H and O–H groups in total. The van der Waals surface area contributed by atoms with Gasteiger partial charge in [0.15, 0.2) is 0 Å². The Labute approximate surface area is 135 Å². The number of carbonyl (C=O) groups is 2. The quantitative estimate of drug-likeness (QED) is 0.900. The predicted octanol–water partition coefficient (Wildman–Crippen LogP) is 3.18. The molecule has 1 aliphatic carbocycles. The number of anilines is 1. The molecule has 5 heteroatoms. The lowest BCUT2D eigenvalue weighted by atomic mass is 9.86. The van der Waals surface area contributed by atoms with Crippen molar-refractivity contribution in [3.63, 3.8) is 0 Å². The number of hydrogen-bond donors (Lipinski definition) is 2. The van der Waals surface area contributed by atoms with Gasteiger partial charge >= 0.3 is 0 Å². The smallest absolute Gasteiger partial charge is 0.238 e. The highest BCUT2D eigenvalue weighted by atomic mass is 32.2. The molecule has 3 rings (SSSR count). The van der Waals surface area contributed by atoms with Crippen molar-refractivity contribution in [2.24, 2.45) is 5.92 Å². The second kappa shape index (κ2) is 6.73. The first-order valence-electron chi connectivity index (χ1n) is 7.99. The van der Waals surface area contributed by atoms with E-state index >= 15 is 0 Å². The average Bonchev–Trinajstić information content (AvgIpc) is 2.50. The molecule has 0 aromatic heterocycles. The van der Waals surface area contributed by atoms with Crippen LogP contribution in [0.15, 0.2) is 29.2 Å². The van der Waals surface area contributed by atoms with E-state index in [1.807, 2.05) is 24.3 Å². The predicted molar refractivity (Wildman–Crippen MR) is 88.9 cm³/mol. The van der Waals surface area contributed by atoms with Crippen LogP contribution in [-0.4, -0.2) is 23.1 Å². The molecule has 0 radical (unpaired) electrons. The number of amides is 2. The molecule has 1 saturated carbocycles. The summed E-state index contributed by atoms with van der Waals surface area (Å²) >= 11 is 1.48. The fourth-order valence-electron chi connectivity index (χ4n) is 3.19. The Kier molecular flexibility index (Phi) is 4.71. The molecule has 118 valence electrons. The minimum absolute atomic E-state index is 0.00854. The third kappa shape index (κ3) is 3.46. The van der Waals surface area contributed by atoms with Crippen molar-refractivity contribution in [2.75, 3.05) is 5.32 Å². The Balaban J connectivity index is 1.59. The third-order valence-electron chi connectivity index (χ3n) is 4.54. The zero-order valence-corrected chi connectivity index (χ0v) is 13.6. The van der Waals surface area contributed by atoms with E-state index in [9.17, 15) is 9.59 Å². The molecule has 0 unspecified atom stereocenters. The summed E-state index contributed by atoms with van der Waals surface area (Å²) in [4.78, 5) is 25.4. The molecular weight excluding hydrogens is 296 g/mol. The van der Waals surface area contributed by atoms with Crippen LogP contribution in [-0.2, 0) is 9.59 Å². The Bertz CT molecular complexity index is 576. The lowest BCUT2D eigenvalue weighted by molar-refractivity contribution is -0.125. The maximum Gasteiger partial charge on any atom is 0.238 e. The van der Waals surface area contributed by atoms with E-state index in [-0.39, 0.29) is 29.5 Å². The molecule has 3 atom stereocenters. The average molecular weight is 318 g/mol. The molecular formula is C17H22N2O2S. The molecule has 0 saturated heterocycles. The molecule has 2 aliphatic rings. The normalized spacial score (nSPS) is 27.7. The summed E-state index contributed by atoms with van der Waals surface area (Å²) in [6, 6.07) is 7.99. The van der Waals surface area contributed by atoms with Crippen LogP contribution in [0.2, 0.25) is 0 Å². The first kappa shape index (κ1) is 15.4. The molecule has 4 nitrogen and oxygen atoms in total. The van der Waals surface area contributed by atoms with Crippen molar-refractivity contribution < 1.29 is 9.59 Å².